The fourth-order valence-electron chi connectivity index (χ4n) is 3.72. The number of hydrogen-bond acceptors (Lipinski definition) is 3. The molecule has 0 bridgehead atoms. The molecule has 4 nitrogen and oxygen atoms in total. The first kappa shape index (κ1) is 17.7. The molecule has 20 heavy (non-hydrogen) atoms. The van der Waals surface area contributed by atoms with Crippen molar-refractivity contribution in [1.29, 1.82) is 0 Å². The minimum atomic E-state index is 0. The normalized spacial score (nSPS) is 35.2. The Labute approximate surface area is 129 Å². The molecule has 2 saturated heterocycles. The number of nitrogens with one attached hydrogen (secondary N) is 1. The van der Waals surface area contributed by atoms with E-state index in [1.54, 1.807) is 0 Å². The zero-order valence-corrected chi connectivity index (χ0v) is 14.1. The molecule has 2 heterocycles. The first-order valence-electron chi connectivity index (χ1n) is 7.67. The number of amides is 1. The van der Waals surface area contributed by atoms with Crippen LogP contribution >= 0.6 is 12.4 Å². The number of halogens is 1. The van der Waals surface area contributed by atoms with Gasteiger partial charge in [-0.15, -0.1) is 12.4 Å². The summed E-state index contributed by atoms with van der Waals surface area (Å²) in [7, 11) is 4.19. The summed E-state index contributed by atoms with van der Waals surface area (Å²) in [6.45, 7) is 7.64. The van der Waals surface area contributed by atoms with Crippen LogP contribution in [0.15, 0.2) is 0 Å². The van der Waals surface area contributed by atoms with Crippen LogP contribution in [-0.2, 0) is 4.79 Å². The molecule has 0 radical (unpaired) electrons. The molecule has 2 fully saturated rings. The van der Waals surface area contributed by atoms with Gasteiger partial charge in [0.1, 0.15) is 0 Å². The molecule has 0 spiro atoms. The topological polar surface area (TPSA) is 35.6 Å². The Balaban J connectivity index is 0.00000200. The molecule has 2 unspecified atom stereocenters. The smallest absolute Gasteiger partial charge is 0.225 e. The van der Waals surface area contributed by atoms with E-state index in [1.807, 2.05) is 7.05 Å². The number of carbonyl (C=O) groups is 1. The van der Waals surface area contributed by atoms with Gasteiger partial charge < -0.3 is 15.1 Å². The van der Waals surface area contributed by atoms with Crippen LogP contribution in [0.1, 0.15) is 33.1 Å². The van der Waals surface area contributed by atoms with Gasteiger partial charge in [0.2, 0.25) is 5.91 Å². The molecule has 1 amide bonds. The standard InChI is InChI=1S/C15H29N3O.ClH/c1-11-10-17(3)8-6-14(11)18(4)15(19)13-5-7-16-12(2)9-13;/h11-14,16H,5-10H2,1-4H3;1H/t11?,12-,13-,14?;/m0./s1. The molecule has 1 N–H and O–H groups in total. The molecule has 4 atom stereocenters. The highest BCUT2D eigenvalue weighted by atomic mass is 35.5. The van der Waals surface area contributed by atoms with Gasteiger partial charge in [-0.2, -0.15) is 0 Å². The van der Waals surface area contributed by atoms with Gasteiger partial charge in [-0.1, -0.05) is 6.92 Å². The Bertz CT molecular complexity index is 326. The highest BCUT2D eigenvalue weighted by Gasteiger charge is 2.34. The summed E-state index contributed by atoms with van der Waals surface area (Å²) < 4.78 is 0. The number of likely N-dealkylation sites (tertiary alicyclic amines) is 1. The van der Waals surface area contributed by atoms with Gasteiger partial charge in [0.25, 0.3) is 0 Å². The number of carbonyl (C=O) groups excluding carboxylic acids is 1. The van der Waals surface area contributed by atoms with E-state index in [4.69, 9.17) is 0 Å². The number of hydrogen-bond donors (Lipinski definition) is 1. The third-order valence-electron chi connectivity index (χ3n) is 4.88. The molecule has 0 aromatic heterocycles. The zero-order chi connectivity index (χ0) is 14.0. The van der Waals surface area contributed by atoms with Gasteiger partial charge >= 0.3 is 0 Å². The van der Waals surface area contributed by atoms with Crippen molar-refractivity contribution in [2.45, 2.75) is 45.2 Å². The number of rotatable bonds is 2. The lowest BCUT2D eigenvalue weighted by Crippen LogP contribution is -2.52. The average Bonchev–Trinajstić information content (AvgIpc) is 2.37. The van der Waals surface area contributed by atoms with E-state index in [0.29, 0.717) is 23.9 Å². The van der Waals surface area contributed by atoms with Gasteiger partial charge in [-0.25, -0.2) is 0 Å². The summed E-state index contributed by atoms with van der Waals surface area (Å²) >= 11 is 0. The van der Waals surface area contributed by atoms with Crippen LogP contribution in [0.2, 0.25) is 0 Å². The quantitative estimate of drug-likeness (QED) is 0.841. The SMILES string of the molecule is CC1CN(C)CCC1N(C)C(=O)[C@H]1CCN[C@@H](C)C1.Cl. The highest BCUT2D eigenvalue weighted by Crippen LogP contribution is 2.25. The van der Waals surface area contributed by atoms with E-state index in [1.165, 1.54) is 0 Å². The van der Waals surface area contributed by atoms with Crippen molar-refractivity contribution in [3.8, 4) is 0 Å². The lowest BCUT2D eigenvalue weighted by Gasteiger charge is -2.41. The fraction of sp³-hybridized carbons (Fsp3) is 0.933. The molecule has 2 rings (SSSR count). The van der Waals surface area contributed by atoms with Crippen LogP contribution in [0.3, 0.4) is 0 Å². The lowest BCUT2D eigenvalue weighted by molar-refractivity contribution is -0.139. The summed E-state index contributed by atoms with van der Waals surface area (Å²) in [5.74, 6) is 1.18. The second kappa shape index (κ2) is 7.62. The highest BCUT2D eigenvalue weighted by molar-refractivity contribution is 5.85. The maximum Gasteiger partial charge on any atom is 0.225 e. The monoisotopic (exact) mass is 303 g/mol. The van der Waals surface area contributed by atoms with E-state index in [0.717, 1.165) is 38.9 Å². The van der Waals surface area contributed by atoms with Crippen molar-refractivity contribution >= 4 is 18.3 Å². The van der Waals surface area contributed by atoms with Gasteiger partial charge in [0, 0.05) is 31.6 Å². The predicted molar refractivity (Wildman–Crippen MR) is 85.3 cm³/mol. The minimum absolute atomic E-state index is 0. The second-order valence-corrected chi connectivity index (χ2v) is 6.62. The molecule has 0 aromatic rings. The third-order valence-corrected chi connectivity index (χ3v) is 4.88. The summed E-state index contributed by atoms with van der Waals surface area (Å²) in [5, 5.41) is 3.42. The molecule has 2 aliphatic rings. The maximum absolute atomic E-state index is 12.7. The Morgan fingerprint density at radius 3 is 2.60 bits per heavy atom. The molecular weight excluding hydrogens is 274 g/mol. The second-order valence-electron chi connectivity index (χ2n) is 6.62. The van der Waals surface area contributed by atoms with Crippen LogP contribution < -0.4 is 5.32 Å². The van der Waals surface area contributed by atoms with Crippen molar-refractivity contribution in [1.82, 2.24) is 15.1 Å². The summed E-state index contributed by atoms with van der Waals surface area (Å²) in [5.41, 5.74) is 0. The Kier molecular flexibility index (Phi) is 6.76. The minimum Gasteiger partial charge on any atom is -0.342 e. The summed E-state index contributed by atoms with van der Waals surface area (Å²) in [6.07, 6.45) is 3.10. The fourth-order valence-corrected chi connectivity index (χ4v) is 3.72. The molecule has 0 aromatic carbocycles. The van der Waals surface area contributed by atoms with Crippen LogP contribution in [0.5, 0.6) is 0 Å². The van der Waals surface area contributed by atoms with Crippen molar-refractivity contribution < 1.29 is 4.79 Å². The van der Waals surface area contributed by atoms with Crippen LogP contribution in [0, 0.1) is 11.8 Å². The zero-order valence-electron chi connectivity index (χ0n) is 13.3. The lowest BCUT2D eigenvalue weighted by atomic mass is 9.88. The Morgan fingerprint density at radius 2 is 2.00 bits per heavy atom. The maximum atomic E-state index is 12.7. The van der Waals surface area contributed by atoms with Crippen LogP contribution in [0.25, 0.3) is 0 Å². The largest absolute Gasteiger partial charge is 0.342 e. The van der Waals surface area contributed by atoms with E-state index in [9.17, 15) is 4.79 Å². The first-order valence-corrected chi connectivity index (χ1v) is 7.67. The predicted octanol–water partition coefficient (Wildman–Crippen LogP) is 1.59. The van der Waals surface area contributed by atoms with Gasteiger partial charge in [0.15, 0.2) is 0 Å². The van der Waals surface area contributed by atoms with Gasteiger partial charge in [-0.3, -0.25) is 4.79 Å². The Morgan fingerprint density at radius 1 is 1.30 bits per heavy atom. The average molecular weight is 304 g/mol. The van der Waals surface area contributed by atoms with E-state index >= 15 is 0 Å². The summed E-state index contributed by atoms with van der Waals surface area (Å²) in [6, 6.07) is 0.903. The molecule has 5 heteroatoms. The molecule has 0 aliphatic carbocycles. The molecule has 2 aliphatic heterocycles. The number of piperidine rings is 2. The van der Waals surface area contributed by atoms with Gasteiger partial charge in [0.05, 0.1) is 0 Å². The third kappa shape index (κ3) is 4.09. The van der Waals surface area contributed by atoms with E-state index in [2.05, 4.69) is 36.0 Å². The van der Waals surface area contributed by atoms with Crippen LogP contribution in [0.4, 0.5) is 0 Å². The van der Waals surface area contributed by atoms with E-state index in [-0.39, 0.29) is 18.3 Å². The van der Waals surface area contributed by atoms with E-state index < -0.39 is 0 Å². The summed E-state index contributed by atoms with van der Waals surface area (Å²) in [4.78, 5) is 17.1. The van der Waals surface area contributed by atoms with Gasteiger partial charge in [-0.05, 0) is 52.2 Å². The number of nitrogens with zero attached hydrogens (tertiary/aromatic N) is 2. The van der Waals surface area contributed by atoms with Crippen molar-refractivity contribution in [2.75, 3.05) is 33.7 Å². The van der Waals surface area contributed by atoms with Crippen molar-refractivity contribution in [2.24, 2.45) is 11.8 Å². The van der Waals surface area contributed by atoms with Crippen LogP contribution in [-0.4, -0.2) is 61.5 Å². The Hall–Kier alpha value is -0.320. The van der Waals surface area contributed by atoms with Crippen molar-refractivity contribution in [3.63, 3.8) is 0 Å². The van der Waals surface area contributed by atoms with Crippen molar-refractivity contribution in [3.05, 3.63) is 0 Å². The molecule has 0 saturated carbocycles. The molecule has 118 valence electrons. The first-order chi connectivity index (χ1) is 8.99. The molecular formula is C15H30ClN3O.